The summed E-state index contributed by atoms with van der Waals surface area (Å²) < 4.78 is 0. The van der Waals surface area contributed by atoms with Gasteiger partial charge in [0.05, 0.1) is 6.54 Å². The fraction of sp³-hybridized carbons (Fsp3) is 0.333. The van der Waals surface area contributed by atoms with Crippen LogP contribution in [-0.2, 0) is 4.79 Å². The van der Waals surface area contributed by atoms with Crippen LogP contribution < -0.4 is 16.4 Å². The molecule has 0 saturated heterocycles. The van der Waals surface area contributed by atoms with Gasteiger partial charge in [-0.3, -0.25) is 9.59 Å². The zero-order valence-electron chi connectivity index (χ0n) is 9.40. The molecule has 1 saturated carbocycles. The van der Waals surface area contributed by atoms with Crippen LogP contribution in [0.3, 0.4) is 0 Å². The summed E-state index contributed by atoms with van der Waals surface area (Å²) in [5.41, 5.74) is 6.43. The van der Waals surface area contributed by atoms with Crippen LogP contribution in [0.2, 0.25) is 0 Å². The van der Waals surface area contributed by atoms with Crippen molar-refractivity contribution >= 4 is 17.5 Å². The fourth-order valence-corrected chi connectivity index (χ4v) is 1.41. The highest BCUT2D eigenvalue weighted by Gasteiger charge is 2.23. The van der Waals surface area contributed by atoms with Crippen molar-refractivity contribution in [2.45, 2.75) is 18.9 Å². The molecule has 90 valence electrons. The summed E-state index contributed by atoms with van der Waals surface area (Å²) in [6.07, 6.45) is 2.13. The first-order valence-corrected chi connectivity index (χ1v) is 5.60. The van der Waals surface area contributed by atoms with Crippen LogP contribution in [0.5, 0.6) is 0 Å². The molecule has 0 spiro atoms. The number of hydrogen-bond donors (Lipinski definition) is 3. The third-order valence-electron chi connectivity index (χ3n) is 2.53. The van der Waals surface area contributed by atoms with E-state index in [2.05, 4.69) is 10.6 Å². The average molecular weight is 233 g/mol. The maximum Gasteiger partial charge on any atom is 0.251 e. The lowest BCUT2D eigenvalue weighted by atomic mass is 10.2. The van der Waals surface area contributed by atoms with Gasteiger partial charge in [0.15, 0.2) is 0 Å². The van der Waals surface area contributed by atoms with Crippen molar-refractivity contribution in [1.82, 2.24) is 5.32 Å². The van der Waals surface area contributed by atoms with Crippen molar-refractivity contribution in [3.63, 3.8) is 0 Å². The summed E-state index contributed by atoms with van der Waals surface area (Å²) in [5.74, 6) is -0.315. The summed E-state index contributed by atoms with van der Waals surface area (Å²) in [4.78, 5) is 22.7. The Morgan fingerprint density at radius 2 is 1.88 bits per heavy atom. The molecule has 2 amide bonds. The second kappa shape index (κ2) is 4.97. The normalized spacial score (nSPS) is 14.2. The molecule has 0 radical (unpaired) electrons. The van der Waals surface area contributed by atoms with Gasteiger partial charge >= 0.3 is 0 Å². The lowest BCUT2D eigenvalue weighted by Gasteiger charge is -2.06. The minimum absolute atomic E-state index is 0.0517. The van der Waals surface area contributed by atoms with Crippen LogP contribution in [0.15, 0.2) is 24.3 Å². The molecule has 5 nitrogen and oxygen atoms in total. The van der Waals surface area contributed by atoms with Gasteiger partial charge in [0, 0.05) is 17.3 Å². The maximum atomic E-state index is 11.7. The summed E-state index contributed by atoms with van der Waals surface area (Å²) in [6.45, 7) is -0.0517. The third kappa shape index (κ3) is 3.29. The number of carbonyl (C=O) groups excluding carboxylic acids is 2. The second-order valence-electron chi connectivity index (χ2n) is 4.08. The smallest absolute Gasteiger partial charge is 0.251 e. The van der Waals surface area contributed by atoms with Gasteiger partial charge in [-0.1, -0.05) is 0 Å². The van der Waals surface area contributed by atoms with Gasteiger partial charge in [-0.05, 0) is 37.1 Å². The molecule has 17 heavy (non-hydrogen) atoms. The standard InChI is InChI=1S/C12H15N3O2/c13-7-11(16)14-9-3-1-8(2-4-9)12(17)15-10-5-6-10/h1-4,10H,5-7,13H2,(H,14,16)(H,15,17). The van der Waals surface area contributed by atoms with Crippen molar-refractivity contribution in [1.29, 1.82) is 0 Å². The Bertz CT molecular complexity index is 424. The molecule has 1 aliphatic carbocycles. The van der Waals surface area contributed by atoms with Gasteiger partial charge in [-0.2, -0.15) is 0 Å². The Kier molecular flexibility index (Phi) is 3.39. The molecule has 0 atom stereocenters. The van der Waals surface area contributed by atoms with E-state index in [0.29, 0.717) is 17.3 Å². The molecule has 0 bridgehead atoms. The lowest BCUT2D eigenvalue weighted by Crippen LogP contribution is -2.25. The van der Waals surface area contributed by atoms with E-state index in [-0.39, 0.29) is 18.4 Å². The first-order chi connectivity index (χ1) is 8.19. The summed E-state index contributed by atoms with van der Waals surface area (Å²) in [5, 5.41) is 5.51. The first kappa shape index (κ1) is 11.6. The van der Waals surface area contributed by atoms with E-state index >= 15 is 0 Å². The zero-order chi connectivity index (χ0) is 12.3. The van der Waals surface area contributed by atoms with Gasteiger partial charge in [0.25, 0.3) is 5.91 Å². The van der Waals surface area contributed by atoms with Crippen molar-refractivity contribution in [3.05, 3.63) is 29.8 Å². The Balaban J connectivity index is 1.96. The molecule has 2 rings (SSSR count). The van der Waals surface area contributed by atoms with E-state index in [9.17, 15) is 9.59 Å². The maximum absolute atomic E-state index is 11.7. The Morgan fingerprint density at radius 1 is 1.24 bits per heavy atom. The zero-order valence-corrected chi connectivity index (χ0v) is 9.40. The predicted molar refractivity (Wildman–Crippen MR) is 64.6 cm³/mol. The molecule has 1 aromatic carbocycles. The van der Waals surface area contributed by atoms with E-state index in [4.69, 9.17) is 5.73 Å². The number of amides is 2. The molecular weight excluding hydrogens is 218 g/mol. The van der Waals surface area contributed by atoms with Crippen LogP contribution in [0.4, 0.5) is 5.69 Å². The number of anilines is 1. The second-order valence-corrected chi connectivity index (χ2v) is 4.08. The molecule has 0 aliphatic heterocycles. The monoisotopic (exact) mass is 233 g/mol. The van der Waals surface area contributed by atoms with E-state index in [1.54, 1.807) is 24.3 Å². The molecular formula is C12H15N3O2. The van der Waals surface area contributed by atoms with E-state index in [1.807, 2.05) is 0 Å². The van der Waals surface area contributed by atoms with Gasteiger partial charge in [-0.15, -0.1) is 0 Å². The molecule has 1 aromatic rings. The molecule has 0 aromatic heterocycles. The SMILES string of the molecule is NCC(=O)Nc1ccc(C(=O)NC2CC2)cc1. The van der Waals surface area contributed by atoms with Crippen molar-refractivity contribution in [3.8, 4) is 0 Å². The molecule has 0 heterocycles. The van der Waals surface area contributed by atoms with Gasteiger partial charge in [-0.25, -0.2) is 0 Å². The highest BCUT2D eigenvalue weighted by atomic mass is 16.2. The van der Waals surface area contributed by atoms with E-state index in [0.717, 1.165) is 12.8 Å². The number of nitrogens with two attached hydrogens (primary N) is 1. The molecule has 1 aliphatic rings. The van der Waals surface area contributed by atoms with Gasteiger partial charge < -0.3 is 16.4 Å². The minimum Gasteiger partial charge on any atom is -0.349 e. The fourth-order valence-electron chi connectivity index (χ4n) is 1.41. The highest BCUT2D eigenvalue weighted by molar-refractivity contribution is 5.96. The Morgan fingerprint density at radius 3 is 2.41 bits per heavy atom. The first-order valence-electron chi connectivity index (χ1n) is 5.60. The Labute approximate surface area is 99.4 Å². The molecule has 5 heteroatoms. The molecule has 1 fully saturated rings. The number of carbonyl (C=O) groups is 2. The quantitative estimate of drug-likeness (QED) is 0.707. The topological polar surface area (TPSA) is 84.2 Å². The number of nitrogens with one attached hydrogen (secondary N) is 2. The van der Waals surface area contributed by atoms with Crippen molar-refractivity contribution in [2.24, 2.45) is 5.73 Å². The van der Waals surface area contributed by atoms with Crippen molar-refractivity contribution < 1.29 is 9.59 Å². The van der Waals surface area contributed by atoms with Crippen LogP contribution >= 0.6 is 0 Å². The van der Waals surface area contributed by atoms with E-state index < -0.39 is 0 Å². The predicted octanol–water partition coefficient (Wildman–Crippen LogP) is 0.476. The van der Waals surface area contributed by atoms with Gasteiger partial charge in [0.1, 0.15) is 0 Å². The molecule has 0 unspecified atom stereocenters. The van der Waals surface area contributed by atoms with E-state index in [1.165, 1.54) is 0 Å². The number of rotatable bonds is 4. The van der Waals surface area contributed by atoms with Crippen LogP contribution in [0.1, 0.15) is 23.2 Å². The highest BCUT2D eigenvalue weighted by Crippen LogP contribution is 2.19. The van der Waals surface area contributed by atoms with Crippen LogP contribution in [-0.4, -0.2) is 24.4 Å². The third-order valence-corrected chi connectivity index (χ3v) is 2.53. The van der Waals surface area contributed by atoms with Crippen molar-refractivity contribution in [2.75, 3.05) is 11.9 Å². The largest absolute Gasteiger partial charge is 0.349 e. The molecule has 4 N–H and O–H groups in total. The van der Waals surface area contributed by atoms with Crippen LogP contribution in [0, 0.1) is 0 Å². The minimum atomic E-state index is -0.250. The van der Waals surface area contributed by atoms with Gasteiger partial charge in [0.2, 0.25) is 5.91 Å². The Hall–Kier alpha value is -1.88. The number of hydrogen-bond acceptors (Lipinski definition) is 3. The van der Waals surface area contributed by atoms with Crippen LogP contribution in [0.25, 0.3) is 0 Å². The summed E-state index contributed by atoms with van der Waals surface area (Å²) >= 11 is 0. The summed E-state index contributed by atoms with van der Waals surface area (Å²) in [7, 11) is 0. The lowest BCUT2D eigenvalue weighted by molar-refractivity contribution is -0.114. The average Bonchev–Trinajstić information content (AvgIpc) is 3.13. The number of benzene rings is 1. The summed E-state index contributed by atoms with van der Waals surface area (Å²) in [6, 6.07) is 7.09.